The number of amides is 1. The third-order valence-electron chi connectivity index (χ3n) is 3.95. The van der Waals surface area contributed by atoms with Crippen molar-refractivity contribution in [3.05, 3.63) is 34.3 Å². The summed E-state index contributed by atoms with van der Waals surface area (Å²) in [4.78, 5) is 12.3. The van der Waals surface area contributed by atoms with E-state index in [4.69, 9.17) is 5.73 Å². The topological polar surface area (TPSA) is 55.1 Å². The average molecular weight is 362 g/mol. The summed E-state index contributed by atoms with van der Waals surface area (Å²) in [6.45, 7) is 2.56. The zero-order valence-corrected chi connectivity index (χ0v) is 14.1. The van der Waals surface area contributed by atoms with E-state index in [0.717, 1.165) is 35.7 Å². The summed E-state index contributed by atoms with van der Waals surface area (Å²) in [5, 5.41) is 3.01. The summed E-state index contributed by atoms with van der Waals surface area (Å²) in [6, 6.07) is 7.98. The minimum Gasteiger partial charge on any atom is -0.352 e. The van der Waals surface area contributed by atoms with E-state index in [0.29, 0.717) is 6.54 Å². The number of halogens is 2. The predicted octanol–water partition coefficient (Wildman–Crippen LogP) is 3.39. The lowest BCUT2D eigenvalue weighted by molar-refractivity contribution is -0.128. The molecule has 3 N–H and O–H groups in total. The third-order valence-corrected chi connectivity index (χ3v) is 4.48. The van der Waals surface area contributed by atoms with Gasteiger partial charge in [-0.1, -0.05) is 40.9 Å². The molecule has 1 saturated carbocycles. The van der Waals surface area contributed by atoms with Crippen LogP contribution in [0.5, 0.6) is 0 Å². The van der Waals surface area contributed by atoms with Crippen molar-refractivity contribution in [2.24, 2.45) is 11.7 Å². The van der Waals surface area contributed by atoms with Gasteiger partial charge in [-0.3, -0.25) is 4.79 Å². The maximum Gasteiger partial charge on any atom is 0.225 e. The smallest absolute Gasteiger partial charge is 0.225 e. The highest BCUT2D eigenvalue weighted by molar-refractivity contribution is 9.10. The number of benzene rings is 1. The Hall–Kier alpha value is -0.580. The van der Waals surface area contributed by atoms with Crippen LogP contribution in [0.3, 0.4) is 0 Å². The molecule has 0 heterocycles. The van der Waals surface area contributed by atoms with Crippen molar-refractivity contribution in [1.82, 2.24) is 5.32 Å². The molecule has 1 amide bonds. The summed E-state index contributed by atoms with van der Waals surface area (Å²) in [6.07, 6.45) is 4.06. The van der Waals surface area contributed by atoms with Gasteiger partial charge in [0.05, 0.1) is 5.92 Å². The molecule has 0 bridgehead atoms. The van der Waals surface area contributed by atoms with Crippen LogP contribution < -0.4 is 11.1 Å². The minimum absolute atomic E-state index is 0. The highest BCUT2D eigenvalue weighted by Gasteiger charge is 2.37. The lowest BCUT2D eigenvalue weighted by atomic mass is 9.74. The van der Waals surface area contributed by atoms with Crippen LogP contribution in [0.25, 0.3) is 0 Å². The number of hydrogen-bond acceptors (Lipinski definition) is 2. The van der Waals surface area contributed by atoms with E-state index in [2.05, 4.69) is 21.2 Å². The molecular formula is C15H22BrClN2O. The fraction of sp³-hybridized carbons (Fsp3) is 0.533. The molecule has 0 radical (unpaired) electrons. The molecule has 20 heavy (non-hydrogen) atoms. The first-order valence-corrected chi connectivity index (χ1v) is 7.59. The molecule has 1 aliphatic rings. The largest absolute Gasteiger partial charge is 0.352 e. The molecule has 2 unspecified atom stereocenters. The van der Waals surface area contributed by atoms with E-state index in [-0.39, 0.29) is 29.8 Å². The third kappa shape index (κ3) is 4.47. The Balaban J connectivity index is 0.00000200. The Labute approximate surface area is 135 Å². The van der Waals surface area contributed by atoms with Gasteiger partial charge in [-0.2, -0.15) is 0 Å². The van der Waals surface area contributed by atoms with Gasteiger partial charge in [0.2, 0.25) is 5.91 Å². The van der Waals surface area contributed by atoms with E-state index in [1.165, 1.54) is 0 Å². The first kappa shape index (κ1) is 17.5. The Morgan fingerprint density at radius 3 is 2.65 bits per heavy atom. The number of carbonyl (C=O) groups excluding carboxylic acids is 1. The van der Waals surface area contributed by atoms with Gasteiger partial charge in [-0.25, -0.2) is 0 Å². The van der Waals surface area contributed by atoms with Crippen LogP contribution in [0, 0.1) is 5.92 Å². The fourth-order valence-corrected chi connectivity index (χ4v) is 2.97. The molecule has 3 nitrogen and oxygen atoms in total. The Bertz CT molecular complexity index is 448. The molecule has 5 heteroatoms. The van der Waals surface area contributed by atoms with Crippen molar-refractivity contribution in [1.29, 1.82) is 0 Å². The second-order valence-corrected chi connectivity index (χ2v) is 6.56. The van der Waals surface area contributed by atoms with Crippen LogP contribution in [-0.4, -0.2) is 11.4 Å². The second-order valence-electron chi connectivity index (χ2n) is 5.65. The Kier molecular flexibility index (Phi) is 6.49. The minimum atomic E-state index is -0.359. The highest BCUT2D eigenvalue weighted by atomic mass is 79.9. The standard InChI is InChI=1S/C15H21BrN2O.ClH/c1-15(17)9-3-2-4-13(15)14(19)18-10-11-5-7-12(16)8-6-11;/h5-8,13H,2-4,9-10,17H2,1H3,(H,18,19);1H. The molecule has 0 spiro atoms. The van der Waals surface area contributed by atoms with Crippen molar-refractivity contribution in [3.63, 3.8) is 0 Å². The van der Waals surface area contributed by atoms with Crippen LogP contribution in [0.2, 0.25) is 0 Å². The summed E-state index contributed by atoms with van der Waals surface area (Å²) in [7, 11) is 0. The summed E-state index contributed by atoms with van der Waals surface area (Å²) >= 11 is 3.40. The van der Waals surface area contributed by atoms with Crippen molar-refractivity contribution in [2.45, 2.75) is 44.7 Å². The van der Waals surface area contributed by atoms with Crippen LogP contribution in [0.4, 0.5) is 0 Å². The molecule has 0 aromatic heterocycles. The fourth-order valence-electron chi connectivity index (χ4n) is 2.70. The van der Waals surface area contributed by atoms with Gasteiger partial charge in [0.25, 0.3) is 0 Å². The van der Waals surface area contributed by atoms with Crippen molar-refractivity contribution >= 4 is 34.2 Å². The maximum atomic E-state index is 12.3. The molecule has 2 rings (SSSR count). The quantitative estimate of drug-likeness (QED) is 0.867. The number of nitrogens with two attached hydrogens (primary N) is 1. The lowest BCUT2D eigenvalue weighted by Gasteiger charge is -2.37. The second kappa shape index (κ2) is 7.43. The number of hydrogen-bond donors (Lipinski definition) is 2. The molecule has 0 aliphatic heterocycles. The lowest BCUT2D eigenvalue weighted by Crippen LogP contribution is -2.52. The van der Waals surface area contributed by atoms with Crippen molar-refractivity contribution < 1.29 is 4.79 Å². The van der Waals surface area contributed by atoms with Gasteiger partial charge in [0, 0.05) is 16.6 Å². The SMILES string of the molecule is CC1(N)CCCCC1C(=O)NCc1ccc(Br)cc1.Cl. The van der Waals surface area contributed by atoms with Gasteiger partial charge in [0.1, 0.15) is 0 Å². The Morgan fingerprint density at radius 2 is 2.05 bits per heavy atom. The maximum absolute atomic E-state index is 12.3. The molecule has 1 aromatic rings. The van der Waals surface area contributed by atoms with E-state index in [1.807, 2.05) is 31.2 Å². The van der Waals surface area contributed by atoms with Crippen molar-refractivity contribution in [2.75, 3.05) is 0 Å². The molecular weight excluding hydrogens is 340 g/mol. The van der Waals surface area contributed by atoms with E-state index < -0.39 is 0 Å². The normalized spacial score (nSPS) is 25.6. The molecule has 0 saturated heterocycles. The molecule has 1 aliphatic carbocycles. The number of nitrogens with one attached hydrogen (secondary N) is 1. The summed E-state index contributed by atoms with van der Waals surface area (Å²) in [5.41, 5.74) is 6.99. The van der Waals surface area contributed by atoms with Crippen LogP contribution >= 0.6 is 28.3 Å². The van der Waals surface area contributed by atoms with Gasteiger partial charge < -0.3 is 11.1 Å². The molecule has 2 atom stereocenters. The number of carbonyl (C=O) groups is 1. The van der Waals surface area contributed by atoms with Gasteiger partial charge >= 0.3 is 0 Å². The van der Waals surface area contributed by atoms with Gasteiger partial charge in [0.15, 0.2) is 0 Å². The molecule has 1 aromatic carbocycles. The first-order valence-electron chi connectivity index (χ1n) is 6.80. The number of rotatable bonds is 3. The van der Waals surface area contributed by atoms with E-state index in [1.54, 1.807) is 0 Å². The summed E-state index contributed by atoms with van der Waals surface area (Å²) in [5.74, 6) is 0.0318. The van der Waals surface area contributed by atoms with Gasteiger partial charge in [-0.15, -0.1) is 12.4 Å². The average Bonchev–Trinajstić information content (AvgIpc) is 2.37. The molecule has 1 fully saturated rings. The van der Waals surface area contributed by atoms with Gasteiger partial charge in [-0.05, 0) is 37.5 Å². The van der Waals surface area contributed by atoms with E-state index >= 15 is 0 Å². The van der Waals surface area contributed by atoms with Crippen molar-refractivity contribution in [3.8, 4) is 0 Å². The monoisotopic (exact) mass is 360 g/mol. The summed E-state index contributed by atoms with van der Waals surface area (Å²) < 4.78 is 1.05. The zero-order valence-electron chi connectivity index (χ0n) is 11.7. The van der Waals surface area contributed by atoms with Crippen LogP contribution in [-0.2, 0) is 11.3 Å². The molecule has 112 valence electrons. The Morgan fingerprint density at radius 1 is 1.40 bits per heavy atom. The zero-order chi connectivity index (χ0) is 13.9. The first-order chi connectivity index (χ1) is 8.99. The predicted molar refractivity (Wildman–Crippen MR) is 87.8 cm³/mol. The van der Waals surface area contributed by atoms with Crippen LogP contribution in [0.15, 0.2) is 28.7 Å². The van der Waals surface area contributed by atoms with E-state index in [9.17, 15) is 4.79 Å². The highest BCUT2D eigenvalue weighted by Crippen LogP contribution is 2.31. The van der Waals surface area contributed by atoms with Crippen LogP contribution in [0.1, 0.15) is 38.2 Å².